The summed E-state index contributed by atoms with van der Waals surface area (Å²) in [6.07, 6.45) is 1.06. The molecule has 0 rings (SSSR count). The third-order valence-corrected chi connectivity index (χ3v) is 1.86. The first-order valence-corrected chi connectivity index (χ1v) is 4.97. The molecule has 0 bridgehead atoms. The fraction of sp³-hybridized carbons (Fsp3) is 0.778. The van der Waals surface area contributed by atoms with Crippen LogP contribution in [0.25, 0.3) is 0 Å². The Bertz CT molecular complexity index is 216. The van der Waals surface area contributed by atoms with Crippen LogP contribution in [0.1, 0.15) is 25.7 Å². The van der Waals surface area contributed by atoms with Gasteiger partial charge in [0.05, 0.1) is 6.61 Å². The Morgan fingerprint density at radius 2 is 1.69 bits per heavy atom. The predicted octanol–water partition coefficient (Wildman–Crippen LogP) is -0.0304. The summed E-state index contributed by atoms with van der Waals surface area (Å²) < 4.78 is 4.71. The first kappa shape index (κ1) is 14.7. The SMILES string of the molecule is O=C(O)CCCCCOC(=O)N(CO)CO. The van der Waals surface area contributed by atoms with Crippen molar-refractivity contribution in [2.24, 2.45) is 0 Å². The summed E-state index contributed by atoms with van der Waals surface area (Å²) in [5.41, 5.74) is 0. The second-order valence-electron chi connectivity index (χ2n) is 3.14. The summed E-state index contributed by atoms with van der Waals surface area (Å²) in [7, 11) is 0. The second-order valence-corrected chi connectivity index (χ2v) is 3.14. The van der Waals surface area contributed by atoms with E-state index >= 15 is 0 Å². The Morgan fingerprint density at radius 1 is 1.06 bits per heavy atom. The molecule has 0 unspecified atom stereocenters. The van der Waals surface area contributed by atoms with Gasteiger partial charge in [0.1, 0.15) is 13.5 Å². The van der Waals surface area contributed by atoms with Crippen LogP contribution in [-0.4, -0.2) is 52.4 Å². The van der Waals surface area contributed by atoms with Crippen LogP contribution in [-0.2, 0) is 9.53 Å². The smallest absolute Gasteiger partial charge is 0.413 e. The maximum absolute atomic E-state index is 11.0. The Kier molecular flexibility index (Phi) is 8.18. The van der Waals surface area contributed by atoms with Crippen molar-refractivity contribution in [2.45, 2.75) is 25.7 Å². The van der Waals surface area contributed by atoms with Crippen LogP contribution in [0, 0.1) is 0 Å². The van der Waals surface area contributed by atoms with Crippen molar-refractivity contribution >= 4 is 12.1 Å². The monoisotopic (exact) mass is 235 g/mol. The fourth-order valence-electron chi connectivity index (χ4n) is 0.966. The molecule has 3 N–H and O–H groups in total. The van der Waals surface area contributed by atoms with Crippen LogP contribution < -0.4 is 0 Å². The van der Waals surface area contributed by atoms with Gasteiger partial charge in [0.15, 0.2) is 0 Å². The van der Waals surface area contributed by atoms with Gasteiger partial charge in [-0.1, -0.05) is 0 Å². The van der Waals surface area contributed by atoms with Crippen molar-refractivity contribution in [3.05, 3.63) is 0 Å². The topological polar surface area (TPSA) is 107 Å². The van der Waals surface area contributed by atoms with E-state index in [2.05, 4.69) is 0 Å². The van der Waals surface area contributed by atoms with Gasteiger partial charge in [-0.05, 0) is 19.3 Å². The normalized spacial score (nSPS) is 9.88. The lowest BCUT2D eigenvalue weighted by atomic mass is 10.2. The number of aliphatic hydroxyl groups excluding tert-OH is 2. The summed E-state index contributed by atoms with van der Waals surface area (Å²) in [4.78, 5) is 21.9. The molecule has 0 spiro atoms. The predicted molar refractivity (Wildman–Crippen MR) is 53.5 cm³/mol. The van der Waals surface area contributed by atoms with E-state index < -0.39 is 25.5 Å². The van der Waals surface area contributed by atoms with E-state index in [0.717, 1.165) is 4.90 Å². The van der Waals surface area contributed by atoms with Crippen LogP contribution in [0.5, 0.6) is 0 Å². The highest BCUT2D eigenvalue weighted by Crippen LogP contribution is 2.01. The summed E-state index contributed by atoms with van der Waals surface area (Å²) in [5, 5.41) is 25.5. The quantitative estimate of drug-likeness (QED) is 0.403. The molecule has 0 atom stereocenters. The Hall–Kier alpha value is -1.34. The van der Waals surface area contributed by atoms with Gasteiger partial charge in [-0.25, -0.2) is 4.79 Å². The minimum absolute atomic E-state index is 0.105. The molecule has 94 valence electrons. The van der Waals surface area contributed by atoms with E-state index in [1.165, 1.54) is 0 Å². The molecule has 0 aliphatic carbocycles. The highest BCUT2D eigenvalue weighted by Gasteiger charge is 2.11. The molecule has 0 aliphatic heterocycles. The highest BCUT2D eigenvalue weighted by atomic mass is 16.6. The van der Waals surface area contributed by atoms with Crippen LogP contribution >= 0.6 is 0 Å². The minimum Gasteiger partial charge on any atom is -0.481 e. The Morgan fingerprint density at radius 3 is 2.19 bits per heavy atom. The first-order valence-electron chi connectivity index (χ1n) is 4.97. The molecule has 0 aromatic rings. The van der Waals surface area contributed by atoms with Crippen LogP contribution in [0.3, 0.4) is 0 Å². The van der Waals surface area contributed by atoms with Gasteiger partial charge in [-0.3, -0.25) is 9.69 Å². The van der Waals surface area contributed by atoms with E-state index in [9.17, 15) is 9.59 Å². The maximum Gasteiger partial charge on any atom is 0.413 e. The number of carbonyl (C=O) groups is 2. The number of rotatable bonds is 8. The molecule has 0 heterocycles. The summed E-state index contributed by atoms with van der Waals surface area (Å²) in [6.45, 7) is -1.06. The third kappa shape index (κ3) is 7.02. The van der Waals surface area contributed by atoms with E-state index in [1.807, 2.05) is 0 Å². The van der Waals surface area contributed by atoms with Crippen molar-refractivity contribution < 1.29 is 29.6 Å². The van der Waals surface area contributed by atoms with Gasteiger partial charge in [-0.15, -0.1) is 0 Å². The number of hydrogen-bond donors (Lipinski definition) is 3. The lowest BCUT2D eigenvalue weighted by molar-refractivity contribution is -0.137. The van der Waals surface area contributed by atoms with Crippen molar-refractivity contribution in [1.82, 2.24) is 4.90 Å². The molecule has 0 saturated carbocycles. The maximum atomic E-state index is 11.0. The molecule has 0 aliphatic rings. The number of hydrogen-bond acceptors (Lipinski definition) is 5. The Balaban J connectivity index is 3.44. The number of aliphatic hydroxyl groups is 2. The largest absolute Gasteiger partial charge is 0.481 e. The van der Waals surface area contributed by atoms with Gasteiger partial charge in [0.2, 0.25) is 0 Å². The molecule has 0 radical (unpaired) electrons. The molecule has 16 heavy (non-hydrogen) atoms. The van der Waals surface area contributed by atoms with E-state index in [4.69, 9.17) is 20.1 Å². The van der Waals surface area contributed by atoms with Crippen LogP contribution in [0.2, 0.25) is 0 Å². The average Bonchev–Trinajstić information content (AvgIpc) is 2.24. The Labute approximate surface area is 93.2 Å². The van der Waals surface area contributed by atoms with Crippen molar-refractivity contribution in [2.75, 3.05) is 20.1 Å². The molecule has 0 saturated heterocycles. The molecular formula is C9H17NO6. The average molecular weight is 235 g/mol. The van der Waals surface area contributed by atoms with Gasteiger partial charge in [-0.2, -0.15) is 0 Å². The number of carbonyl (C=O) groups excluding carboxylic acids is 1. The zero-order valence-electron chi connectivity index (χ0n) is 8.96. The zero-order valence-corrected chi connectivity index (χ0v) is 8.96. The number of ether oxygens (including phenoxy) is 1. The highest BCUT2D eigenvalue weighted by molar-refractivity contribution is 5.67. The number of nitrogens with zero attached hydrogens (tertiary/aromatic N) is 1. The van der Waals surface area contributed by atoms with E-state index in [-0.39, 0.29) is 13.0 Å². The van der Waals surface area contributed by atoms with Crippen molar-refractivity contribution in [1.29, 1.82) is 0 Å². The fourth-order valence-corrected chi connectivity index (χ4v) is 0.966. The van der Waals surface area contributed by atoms with E-state index in [1.54, 1.807) is 0 Å². The summed E-state index contributed by atoms with van der Waals surface area (Å²) >= 11 is 0. The summed E-state index contributed by atoms with van der Waals surface area (Å²) in [6, 6.07) is 0. The van der Waals surface area contributed by atoms with Crippen LogP contribution in [0.15, 0.2) is 0 Å². The minimum atomic E-state index is -0.844. The van der Waals surface area contributed by atoms with Crippen LogP contribution in [0.4, 0.5) is 4.79 Å². The number of amides is 1. The van der Waals surface area contributed by atoms with E-state index in [0.29, 0.717) is 19.3 Å². The van der Waals surface area contributed by atoms with Crippen molar-refractivity contribution in [3.8, 4) is 0 Å². The molecule has 7 nitrogen and oxygen atoms in total. The molecule has 0 fully saturated rings. The lowest BCUT2D eigenvalue weighted by Crippen LogP contribution is -2.33. The second kappa shape index (κ2) is 8.93. The first-order chi connectivity index (χ1) is 7.61. The summed E-state index contributed by atoms with van der Waals surface area (Å²) in [5.74, 6) is -0.844. The lowest BCUT2D eigenvalue weighted by Gasteiger charge is -2.16. The molecule has 0 aromatic heterocycles. The number of aliphatic carboxylic acids is 1. The standard InChI is InChI=1S/C9H17NO6/c11-6-10(7-12)9(15)16-5-3-1-2-4-8(13)14/h11-12H,1-7H2,(H,13,14). The zero-order chi connectivity index (χ0) is 12.4. The van der Waals surface area contributed by atoms with Gasteiger partial charge >= 0.3 is 12.1 Å². The molecule has 1 amide bonds. The molecule has 7 heteroatoms. The number of carboxylic acid groups (broad SMARTS) is 1. The third-order valence-electron chi connectivity index (χ3n) is 1.86. The number of carboxylic acids is 1. The van der Waals surface area contributed by atoms with Gasteiger partial charge < -0.3 is 20.1 Å². The van der Waals surface area contributed by atoms with Gasteiger partial charge in [0, 0.05) is 6.42 Å². The molecule has 0 aromatic carbocycles. The number of unbranched alkanes of at least 4 members (excludes halogenated alkanes) is 2. The van der Waals surface area contributed by atoms with Crippen molar-refractivity contribution in [3.63, 3.8) is 0 Å². The van der Waals surface area contributed by atoms with Gasteiger partial charge in [0.25, 0.3) is 0 Å². The molecular weight excluding hydrogens is 218 g/mol.